The molecule has 1 saturated heterocycles. The van der Waals surface area contributed by atoms with E-state index in [-0.39, 0.29) is 17.8 Å². The standard InChI is InChI=1S/C12H16N4O5/c1-21-9-4-8(14-12(17)18)6-15(7-9)10-2-3-13-5-11(10)16(19)20/h2-3,5,8-9,14H,4,6-7H2,1H3,(H,17,18)/t8?,9-/m1/s1. The Kier molecular flexibility index (Phi) is 4.53. The van der Waals surface area contributed by atoms with Crippen LogP contribution in [0, 0.1) is 10.1 Å². The minimum atomic E-state index is -1.12. The maximum Gasteiger partial charge on any atom is 0.404 e. The van der Waals surface area contributed by atoms with Gasteiger partial charge in [-0.15, -0.1) is 0 Å². The summed E-state index contributed by atoms with van der Waals surface area (Å²) < 4.78 is 5.29. The lowest BCUT2D eigenvalue weighted by Crippen LogP contribution is -2.53. The van der Waals surface area contributed by atoms with Crippen molar-refractivity contribution in [1.29, 1.82) is 0 Å². The van der Waals surface area contributed by atoms with Gasteiger partial charge in [0.25, 0.3) is 0 Å². The highest BCUT2D eigenvalue weighted by Gasteiger charge is 2.31. The first kappa shape index (κ1) is 15.0. The van der Waals surface area contributed by atoms with Gasteiger partial charge in [-0.1, -0.05) is 0 Å². The zero-order chi connectivity index (χ0) is 15.4. The van der Waals surface area contributed by atoms with Crippen molar-refractivity contribution in [2.45, 2.75) is 18.6 Å². The molecule has 1 fully saturated rings. The molecule has 0 spiro atoms. The number of carbonyl (C=O) groups is 1. The number of carboxylic acid groups (broad SMARTS) is 1. The van der Waals surface area contributed by atoms with Gasteiger partial charge in [0.05, 0.1) is 17.1 Å². The van der Waals surface area contributed by atoms with E-state index in [2.05, 4.69) is 10.3 Å². The lowest BCUT2D eigenvalue weighted by molar-refractivity contribution is -0.384. The second-order valence-corrected chi connectivity index (χ2v) is 4.77. The summed E-state index contributed by atoms with van der Waals surface area (Å²) in [5.74, 6) is 0. The topological polar surface area (TPSA) is 118 Å². The van der Waals surface area contributed by atoms with E-state index >= 15 is 0 Å². The number of ether oxygens (including phenoxy) is 1. The number of nitro groups is 1. The van der Waals surface area contributed by atoms with Gasteiger partial charge in [0, 0.05) is 26.4 Å². The zero-order valence-corrected chi connectivity index (χ0v) is 11.4. The van der Waals surface area contributed by atoms with Crippen molar-refractivity contribution in [2.75, 3.05) is 25.1 Å². The van der Waals surface area contributed by atoms with E-state index in [4.69, 9.17) is 9.84 Å². The molecule has 0 aromatic carbocycles. The van der Waals surface area contributed by atoms with Crippen LogP contribution in [0.5, 0.6) is 0 Å². The summed E-state index contributed by atoms with van der Waals surface area (Å²) in [6, 6.07) is 1.20. The van der Waals surface area contributed by atoms with Crippen LogP contribution in [0.2, 0.25) is 0 Å². The quantitative estimate of drug-likeness (QED) is 0.624. The minimum absolute atomic E-state index is 0.108. The number of anilines is 1. The van der Waals surface area contributed by atoms with Crippen molar-refractivity contribution in [3.8, 4) is 0 Å². The molecular weight excluding hydrogens is 280 g/mol. The number of piperidine rings is 1. The van der Waals surface area contributed by atoms with E-state index in [0.29, 0.717) is 25.2 Å². The summed E-state index contributed by atoms with van der Waals surface area (Å²) in [7, 11) is 1.53. The molecule has 2 N–H and O–H groups in total. The highest BCUT2D eigenvalue weighted by Crippen LogP contribution is 2.29. The van der Waals surface area contributed by atoms with Gasteiger partial charge in [0.15, 0.2) is 0 Å². The zero-order valence-electron chi connectivity index (χ0n) is 11.4. The molecule has 1 aliphatic heterocycles. The molecule has 2 heterocycles. The van der Waals surface area contributed by atoms with Crippen molar-refractivity contribution >= 4 is 17.5 Å². The molecular formula is C12H16N4O5. The number of nitrogens with zero attached hydrogens (tertiary/aromatic N) is 3. The van der Waals surface area contributed by atoms with E-state index in [1.54, 1.807) is 11.0 Å². The molecule has 9 nitrogen and oxygen atoms in total. The van der Waals surface area contributed by atoms with Crippen molar-refractivity contribution < 1.29 is 19.6 Å². The SMILES string of the molecule is CO[C@@H]1CC(NC(=O)O)CN(c2ccncc2[N+](=O)[O-])C1. The molecule has 1 aliphatic rings. The van der Waals surface area contributed by atoms with Gasteiger partial charge in [-0.25, -0.2) is 4.79 Å². The van der Waals surface area contributed by atoms with Crippen molar-refractivity contribution in [2.24, 2.45) is 0 Å². The Bertz CT molecular complexity index is 538. The third-order valence-corrected chi connectivity index (χ3v) is 3.39. The van der Waals surface area contributed by atoms with E-state index in [9.17, 15) is 14.9 Å². The van der Waals surface area contributed by atoms with E-state index in [0.717, 1.165) is 0 Å². The number of rotatable bonds is 4. The highest BCUT2D eigenvalue weighted by molar-refractivity contribution is 5.66. The Morgan fingerprint density at radius 1 is 1.62 bits per heavy atom. The Morgan fingerprint density at radius 3 is 3.00 bits per heavy atom. The minimum Gasteiger partial charge on any atom is -0.465 e. The first-order valence-electron chi connectivity index (χ1n) is 6.37. The summed E-state index contributed by atoms with van der Waals surface area (Å²) in [4.78, 5) is 26.9. The predicted octanol–water partition coefficient (Wildman–Crippen LogP) is 0.851. The summed E-state index contributed by atoms with van der Waals surface area (Å²) in [6.45, 7) is 0.802. The van der Waals surface area contributed by atoms with Crippen LogP contribution >= 0.6 is 0 Å². The monoisotopic (exact) mass is 296 g/mol. The van der Waals surface area contributed by atoms with E-state index < -0.39 is 11.0 Å². The molecule has 0 saturated carbocycles. The van der Waals surface area contributed by atoms with Crippen LogP contribution in [0.3, 0.4) is 0 Å². The number of aromatic nitrogens is 1. The average Bonchev–Trinajstić information content (AvgIpc) is 2.46. The van der Waals surface area contributed by atoms with Crippen LogP contribution in [-0.4, -0.2) is 53.5 Å². The summed E-state index contributed by atoms with van der Waals surface area (Å²) in [5, 5.41) is 22.3. The first-order valence-corrected chi connectivity index (χ1v) is 6.37. The van der Waals surface area contributed by atoms with Crippen LogP contribution in [0.25, 0.3) is 0 Å². The van der Waals surface area contributed by atoms with Gasteiger partial charge < -0.3 is 20.1 Å². The van der Waals surface area contributed by atoms with Crippen LogP contribution < -0.4 is 10.2 Å². The van der Waals surface area contributed by atoms with Gasteiger partial charge in [-0.3, -0.25) is 15.1 Å². The van der Waals surface area contributed by atoms with Gasteiger partial charge in [-0.2, -0.15) is 0 Å². The number of pyridine rings is 1. The van der Waals surface area contributed by atoms with Gasteiger partial charge in [-0.05, 0) is 12.5 Å². The van der Waals surface area contributed by atoms with E-state index in [1.165, 1.54) is 19.5 Å². The number of amides is 1. The predicted molar refractivity (Wildman–Crippen MR) is 73.5 cm³/mol. The molecule has 1 aromatic heterocycles. The molecule has 0 radical (unpaired) electrons. The number of hydrogen-bond acceptors (Lipinski definition) is 6. The van der Waals surface area contributed by atoms with Crippen molar-refractivity contribution in [3.63, 3.8) is 0 Å². The van der Waals surface area contributed by atoms with Gasteiger partial charge >= 0.3 is 11.8 Å². The normalized spacial score (nSPS) is 21.9. The molecule has 1 amide bonds. The lowest BCUT2D eigenvalue weighted by atomic mass is 10.0. The molecule has 21 heavy (non-hydrogen) atoms. The maximum absolute atomic E-state index is 11.1. The fourth-order valence-corrected chi connectivity index (χ4v) is 2.49. The van der Waals surface area contributed by atoms with Gasteiger partial charge in [0.2, 0.25) is 0 Å². The lowest BCUT2D eigenvalue weighted by Gasteiger charge is -2.37. The Morgan fingerprint density at radius 2 is 2.38 bits per heavy atom. The molecule has 9 heteroatoms. The first-order chi connectivity index (χ1) is 10.0. The molecule has 2 rings (SSSR count). The van der Waals surface area contributed by atoms with Crippen molar-refractivity contribution in [3.05, 3.63) is 28.6 Å². The molecule has 1 aromatic rings. The number of methoxy groups -OCH3 is 1. The fourth-order valence-electron chi connectivity index (χ4n) is 2.49. The summed E-state index contributed by atoms with van der Waals surface area (Å²) >= 11 is 0. The number of nitrogens with one attached hydrogen (secondary N) is 1. The van der Waals surface area contributed by atoms with Gasteiger partial charge in [0.1, 0.15) is 11.9 Å². The maximum atomic E-state index is 11.1. The molecule has 0 aliphatic carbocycles. The Hall–Kier alpha value is -2.42. The summed E-state index contributed by atoms with van der Waals surface area (Å²) in [5.41, 5.74) is 0.303. The highest BCUT2D eigenvalue weighted by atomic mass is 16.6. The van der Waals surface area contributed by atoms with Crippen LogP contribution in [0.15, 0.2) is 18.5 Å². The van der Waals surface area contributed by atoms with Crippen LogP contribution in [-0.2, 0) is 4.74 Å². The van der Waals surface area contributed by atoms with E-state index in [1.807, 2.05) is 0 Å². The summed E-state index contributed by atoms with van der Waals surface area (Å²) in [6.07, 6.45) is 1.85. The number of hydrogen-bond donors (Lipinski definition) is 2. The molecule has 114 valence electrons. The smallest absolute Gasteiger partial charge is 0.404 e. The molecule has 1 unspecified atom stereocenters. The molecule has 0 bridgehead atoms. The fraction of sp³-hybridized carbons (Fsp3) is 0.500. The largest absolute Gasteiger partial charge is 0.465 e. The second-order valence-electron chi connectivity index (χ2n) is 4.77. The third kappa shape index (κ3) is 3.57. The Balaban J connectivity index is 2.25. The van der Waals surface area contributed by atoms with Crippen molar-refractivity contribution in [1.82, 2.24) is 10.3 Å². The Labute approximate surface area is 120 Å². The van der Waals surface area contributed by atoms with Crippen LogP contribution in [0.4, 0.5) is 16.2 Å². The molecule has 2 atom stereocenters. The second kappa shape index (κ2) is 6.35. The third-order valence-electron chi connectivity index (χ3n) is 3.39. The van der Waals surface area contributed by atoms with Crippen LogP contribution in [0.1, 0.15) is 6.42 Å². The average molecular weight is 296 g/mol.